The van der Waals surface area contributed by atoms with Gasteiger partial charge in [-0.1, -0.05) is 29.5 Å². The highest BCUT2D eigenvalue weighted by Crippen LogP contribution is 2.22. The minimum atomic E-state index is -1.01. The Hall–Kier alpha value is -4.20. The molecule has 0 unspecified atom stereocenters. The standard InChI is InChI=1S/C22H19N5O3/c1-30-21-11-10-15(13-23-24-18-7-3-2-6-17(18)22(28)29)12-16(21)14-27-20-9-5-4-8-19(20)25-26-27/h2-13,24H,14H2,1H3,(H,28,29)/b23-13+. The van der Waals surface area contributed by atoms with Crippen LogP contribution >= 0.6 is 0 Å². The summed E-state index contributed by atoms with van der Waals surface area (Å²) in [6, 6.07) is 20.0. The summed E-state index contributed by atoms with van der Waals surface area (Å²) in [7, 11) is 1.62. The van der Waals surface area contributed by atoms with E-state index in [0.29, 0.717) is 12.2 Å². The number of rotatable bonds is 7. The number of hydrogen-bond acceptors (Lipinski definition) is 6. The molecule has 0 aliphatic carbocycles. The van der Waals surface area contributed by atoms with Gasteiger partial charge in [0, 0.05) is 5.56 Å². The average molecular weight is 401 g/mol. The number of ether oxygens (including phenoxy) is 1. The zero-order valence-electron chi connectivity index (χ0n) is 16.2. The van der Waals surface area contributed by atoms with E-state index >= 15 is 0 Å². The lowest BCUT2D eigenvalue weighted by Gasteiger charge is -2.10. The number of hydrogen-bond donors (Lipinski definition) is 2. The molecule has 8 heteroatoms. The van der Waals surface area contributed by atoms with Crippen molar-refractivity contribution in [2.24, 2.45) is 5.10 Å². The summed E-state index contributed by atoms with van der Waals surface area (Å²) < 4.78 is 7.31. The van der Waals surface area contributed by atoms with Gasteiger partial charge in [-0.3, -0.25) is 5.43 Å². The van der Waals surface area contributed by atoms with E-state index in [1.807, 2.05) is 47.1 Å². The van der Waals surface area contributed by atoms with Gasteiger partial charge in [0.05, 0.1) is 36.6 Å². The van der Waals surface area contributed by atoms with Gasteiger partial charge in [0.25, 0.3) is 0 Å². The number of nitrogens with zero attached hydrogens (tertiary/aromatic N) is 4. The number of benzene rings is 3. The van der Waals surface area contributed by atoms with Crippen LogP contribution in [0.2, 0.25) is 0 Å². The Morgan fingerprint density at radius 3 is 2.80 bits per heavy atom. The summed E-state index contributed by atoms with van der Waals surface area (Å²) in [6.07, 6.45) is 1.63. The monoisotopic (exact) mass is 401 g/mol. The predicted octanol–water partition coefficient (Wildman–Crippen LogP) is 3.63. The Morgan fingerprint density at radius 2 is 1.97 bits per heavy atom. The first-order valence-corrected chi connectivity index (χ1v) is 9.22. The molecule has 0 saturated carbocycles. The van der Waals surface area contributed by atoms with Crippen molar-refractivity contribution in [3.8, 4) is 5.75 Å². The van der Waals surface area contributed by atoms with Gasteiger partial charge in [0.15, 0.2) is 0 Å². The van der Waals surface area contributed by atoms with Gasteiger partial charge in [0.2, 0.25) is 0 Å². The van der Waals surface area contributed by atoms with Crippen LogP contribution in [-0.4, -0.2) is 39.4 Å². The molecule has 0 radical (unpaired) electrons. The van der Waals surface area contributed by atoms with E-state index in [1.165, 1.54) is 6.07 Å². The Labute approximate surface area is 172 Å². The maximum atomic E-state index is 11.3. The molecule has 1 aromatic heterocycles. The minimum Gasteiger partial charge on any atom is -0.496 e. The van der Waals surface area contributed by atoms with Gasteiger partial charge >= 0.3 is 5.97 Å². The van der Waals surface area contributed by atoms with Crippen molar-refractivity contribution in [2.45, 2.75) is 6.54 Å². The molecule has 0 aliphatic heterocycles. The van der Waals surface area contributed by atoms with E-state index in [9.17, 15) is 9.90 Å². The van der Waals surface area contributed by atoms with Crippen LogP contribution in [0.25, 0.3) is 11.0 Å². The van der Waals surface area contributed by atoms with Crippen molar-refractivity contribution in [3.05, 3.63) is 83.4 Å². The zero-order valence-corrected chi connectivity index (χ0v) is 16.2. The molecule has 0 fully saturated rings. The number of hydrazone groups is 1. The van der Waals surface area contributed by atoms with Gasteiger partial charge in [-0.15, -0.1) is 5.10 Å². The molecule has 4 aromatic rings. The molecule has 0 amide bonds. The molecule has 30 heavy (non-hydrogen) atoms. The molecule has 3 aromatic carbocycles. The fourth-order valence-corrected chi connectivity index (χ4v) is 3.14. The van der Waals surface area contributed by atoms with E-state index in [4.69, 9.17) is 4.74 Å². The molecule has 2 N–H and O–H groups in total. The average Bonchev–Trinajstić information content (AvgIpc) is 3.17. The van der Waals surface area contributed by atoms with E-state index in [2.05, 4.69) is 20.8 Å². The first-order valence-electron chi connectivity index (χ1n) is 9.22. The van der Waals surface area contributed by atoms with Crippen LogP contribution in [0.5, 0.6) is 5.75 Å². The largest absolute Gasteiger partial charge is 0.496 e. The first kappa shape index (κ1) is 19.1. The molecule has 0 spiro atoms. The number of carboxylic acid groups (broad SMARTS) is 1. The number of fused-ring (bicyclic) bond motifs is 1. The van der Waals surface area contributed by atoms with Crippen LogP contribution in [0.15, 0.2) is 71.8 Å². The summed E-state index contributed by atoms with van der Waals surface area (Å²) in [5, 5.41) is 21.9. The highest BCUT2D eigenvalue weighted by atomic mass is 16.5. The van der Waals surface area contributed by atoms with Crippen LogP contribution in [-0.2, 0) is 6.54 Å². The van der Waals surface area contributed by atoms with Gasteiger partial charge in [-0.05, 0) is 48.0 Å². The number of aromatic carboxylic acids is 1. The molecule has 0 saturated heterocycles. The van der Waals surface area contributed by atoms with Crippen molar-refractivity contribution >= 4 is 28.9 Å². The van der Waals surface area contributed by atoms with Crippen LogP contribution < -0.4 is 10.2 Å². The van der Waals surface area contributed by atoms with Crippen molar-refractivity contribution in [3.63, 3.8) is 0 Å². The molecule has 8 nitrogen and oxygen atoms in total. The lowest BCUT2D eigenvalue weighted by molar-refractivity contribution is 0.0698. The van der Waals surface area contributed by atoms with Crippen LogP contribution in [0.3, 0.4) is 0 Å². The molecule has 0 atom stereocenters. The number of para-hydroxylation sites is 2. The smallest absolute Gasteiger partial charge is 0.337 e. The third-order valence-corrected chi connectivity index (χ3v) is 4.60. The van der Waals surface area contributed by atoms with Gasteiger partial charge < -0.3 is 9.84 Å². The van der Waals surface area contributed by atoms with Crippen molar-refractivity contribution in [1.29, 1.82) is 0 Å². The van der Waals surface area contributed by atoms with Crippen molar-refractivity contribution in [2.75, 3.05) is 12.5 Å². The lowest BCUT2D eigenvalue weighted by atomic mass is 10.1. The molecule has 0 bridgehead atoms. The second-order valence-corrected chi connectivity index (χ2v) is 6.53. The number of anilines is 1. The van der Waals surface area contributed by atoms with Crippen LogP contribution in [0.1, 0.15) is 21.5 Å². The molecular formula is C22H19N5O3. The highest BCUT2D eigenvalue weighted by molar-refractivity contribution is 5.94. The molecule has 4 rings (SSSR count). The summed E-state index contributed by atoms with van der Waals surface area (Å²) in [6.45, 7) is 0.487. The minimum absolute atomic E-state index is 0.156. The number of carbonyl (C=O) groups is 1. The third kappa shape index (κ3) is 3.97. The topological polar surface area (TPSA) is 102 Å². The summed E-state index contributed by atoms with van der Waals surface area (Å²) in [5.41, 5.74) is 6.88. The number of carboxylic acids is 1. The first-order chi connectivity index (χ1) is 14.7. The molecule has 150 valence electrons. The van der Waals surface area contributed by atoms with Crippen molar-refractivity contribution in [1.82, 2.24) is 15.0 Å². The Kier molecular flexibility index (Phi) is 5.38. The van der Waals surface area contributed by atoms with Gasteiger partial charge in [-0.25, -0.2) is 9.48 Å². The Morgan fingerprint density at radius 1 is 1.17 bits per heavy atom. The maximum Gasteiger partial charge on any atom is 0.337 e. The highest BCUT2D eigenvalue weighted by Gasteiger charge is 2.10. The molecule has 0 aliphatic rings. The molecular weight excluding hydrogens is 382 g/mol. The summed E-state index contributed by atoms with van der Waals surface area (Å²) in [4.78, 5) is 11.3. The van der Waals surface area contributed by atoms with Gasteiger partial charge in [-0.2, -0.15) is 5.10 Å². The molecule has 1 heterocycles. The Balaban J connectivity index is 1.57. The number of nitrogens with one attached hydrogen (secondary N) is 1. The fraction of sp³-hybridized carbons (Fsp3) is 0.0909. The van der Waals surface area contributed by atoms with Crippen molar-refractivity contribution < 1.29 is 14.6 Å². The van der Waals surface area contributed by atoms with Gasteiger partial charge in [0.1, 0.15) is 11.3 Å². The Bertz CT molecular complexity index is 1230. The van der Waals surface area contributed by atoms with Crippen LogP contribution in [0, 0.1) is 0 Å². The van der Waals surface area contributed by atoms with E-state index in [0.717, 1.165) is 27.9 Å². The van der Waals surface area contributed by atoms with E-state index < -0.39 is 5.97 Å². The summed E-state index contributed by atoms with van der Waals surface area (Å²) in [5.74, 6) is -0.281. The number of methoxy groups -OCH3 is 1. The SMILES string of the molecule is COc1ccc(/C=N/Nc2ccccc2C(=O)O)cc1Cn1nnc2ccccc21. The third-order valence-electron chi connectivity index (χ3n) is 4.60. The number of aromatic nitrogens is 3. The normalized spacial score (nSPS) is 11.1. The fourth-order valence-electron chi connectivity index (χ4n) is 3.14. The predicted molar refractivity (Wildman–Crippen MR) is 114 cm³/mol. The summed E-state index contributed by atoms with van der Waals surface area (Å²) >= 11 is 0. The lowest BCUT2D eigenvalue weighted by Crippen LogP contribution is -2.05. The van der Waals surface area contributed by atoms with Crippen LogP contribution in [0.4, 0.5) is 5.69 Å². The van der Waals surface area contributed by atoms with E-state index in [-0.39, 0.29) is 5.56 Å². The second-order valence-electron chi connectivity index (χ2n) is 6.53. The maximum absolute atomic E-state index is 11.3. The quantitative estimate of drug-likeness (QED) is 0.362. The zero-order chi connectivity index (χ0) is 20.9. The second kappa shape index (κ2) is 8.44. The van der Waals surface area contributed by atoms with E-state index in [1.54, 1.807) is 31.5 Å².